The molecule has 2 amide bonds. The van der Waals surface area contributed by atoms with Crippen LogP contribution in [0, 0.1) is 6.92 Å². The van der Waals surface area contributed by atoms with Crippen LogP contribution in [0.4, 0.5) is 0 Å². The summed E-state index contributed by atoms with van der Waals surface area (Å²) in [6, 6.07) is 11.3. The smallest absolute Gasteiger partial charge is 0.261 e. The van der Waals surface area contributed by atoms with Gasteiger partial charge in [0.05, 0.1) is 24.1 Å². The molecule has 0 unspecified atom stereocenters. The number of benzene rings is 1. The lowest BCUT2D eigenvalue weighted by Gasteiger charge is -2.26. The van der Waals surface area contributed by atoms with Gasteiger partial charge >= 0.3 is 0 Å². The predicted molar refractivity (Wildman–Crippen MR) is 88.8 cm³/mol. The highest BCUT2D eigenvalue weighted by Gasteiger charge is 2.22. The molecule has 0 saturated heterocycles. The second-order valence-corrected chi connectivity index (χ2v) is 6.68. The number of ether oxygens (including phenoxy) is 1. The van der Waals surface area contributed by atoms with Crippen LogP contribution in [0.5, 0.6) is 5.75 Å². The first kappa shape index (κ1) is 15.6. The largest absolute Gasteiger partial charge is 0.493 e. The van der Waals surface area contributed by atoms with Crippen molar-refractivity contribution in [3.05, 3.63) is 51.7 Å². The van der Waals surface area contributed by atoms with E-state index in [2.05, 4.69) is 10.6 Å². The summed E-state index contributed by atoms with van der Waals surface area (Å²) in [4.78, 5) is 25.7. The Kier molecular flexibility index (Phi) is 4.62. The molecule has 0 radical (unpaired) electrons. The highest BCUT2D eigenvalue weighted by molar-refractivity contribution is 7.13. The van der Waals surface area contributed by atoms with Gasteiger partial charge in [-0.05, 0) is 25.1 Å². The summed E-state index contributed by atoms with van der Waals surface area (Å²) < 4.78 is 5.57. The van der Waals surface area contributed by atoms with Gasteiger partial charge in [0.2, 0.25) is 5.91 Å². The highest BCUT2D eigenvalue weighted by atomic mass is 32.1. The Hall–Kier alpha value is -2.34. The Bertz CT molecular complexity index is 726. The molecule has 3 rings (SSSR count). The molecule has 2 N–H and O–H groups in total. The second-order valence-electron chi connectivity index (χ2n) is 5.39. The maximum Gasteiger partial charge on any atom is 0.261 e. The maximum absolute atomic E-state index is 12.1. The van der Waals surface area contributed by atoms with E-state index in [1.165, 1.54) is 11.3 Å². The molecule has 120 valence electrons. The Morgan fingerprint density at radius 3 is 2.87 bits per heavy atom. The molecule has 0 saturated carbocycles. The van der Waals surface area contributed by atoms with Crippen LogP contribution in [-0.2, 0) is 4.79 Å². The van der Waals surface area contributed by atoms with E-state index in [-0.39, 0.29) is 24.4 Å². The van der Waals surface area contributed by atoms with Crippen LogP contribution < -0.4 is 15.4 Å². The van der Waals surface area contributed by atoms with Gasteiger partial charge in [0.25, 0.3) is 5.91 Å². The number of fused-ring (bicyclic) bond motifs is 1. The van der Waals surface area contributed by atoms with Gasteiger partial charge < -0.3 is 15.4 Å². The minimum absolute atomic E-state index is 0.0324. The second kappa shape index (κ2) is 6.83. The van der Waals surface area contributed by atoms with Crippen molar-refractivity contribution in [1.82, 2.24) is 10.6 Å². The quantitative estimate of drug-likeness (QED) is 0.905. The zero-order chi connectivity index (χ0) is 16.2. The topological polar surface area (TPSA) is 67.4 Å². The Morgan fingerprint density at radius 2 is 2.09 bits per heavy atom. The van der Waals surface area contributed by atoms with Crippen LogP contribution in [0.25, 0.3) is 0 Å². The Morgan fingerprint density at radius 1 is 1.26 bits per heavy atom. The minimum atomic E-state index is -0.217. The van der Waals surface area contributed by atoms with Gasteiger partial charge in [0, 0.05) is 16.9 Å². The molecule has 1 aliphatic heterocycles. The molecule has 5 nitrogen and oxygen atoms in total. The van der Waals surface area contributed by atoms with E-state index in [1.54, 1.807) is 6.07 Å². The minimum Gasteiger partial charge on any atom is -0.493 e. The van der Waals surface area contributed by atoms with Crippen molar-refractivity contribution in [2.24, 2.45) is 0 Å². The number of para-hydroxylation sites is 1. The average molecular weight is 330 g/mol. The van der Waals surface area contributed by atoms with Gasteiger partial charge in [0.15, 0.2) is 0 Å². The summed E-state index contributed by atoms with van der Waals surface area (Å²) in [5, 5.41) is 5.61. The van der Waals surface area contributed by atoms with Crippen molar-refractivity contribution in [1.29, 1.82) is 0 Å². The third-order valence-corrected chi connectivity index (χ3v) is 4.67. The first-order valence-corrected chi connectivity index (χ1v) is 8.31. The van der Waals surface area contributed by atoms with Crippen LogP contribution >= 0.6 is 11.3 Å². The normalized spacial score (nSPS) is 16.1. The van der Waals surface area contributed by atoms with Crippen LogP contribution in [0.2, 0.25) is 0 Å². The summed E-state index contributed by atoms with van der Waals surface area (Å²) >= 11 is 1.41. The standard InChI is InChI=1S/C17H18N2O3S/c1-11-6-7-15(23-11)17(21)18-10-16(20)19-13-8-9-22-14-5-3-2-4-12(13)14/h2-7,13H,8-10H2,1H3,(H,18,21)(H,19,20)/t13-/m1/s1. The Balaban J connectivity index is 1.55. The molecule has 1 aromatic carbocycles. The number of hydrogen-bond acceptors (Lipinski definition) is 4. The van der Waals surface area contributed by atoms with Crippen molar-refractivity contribution in [3.63, 3.8) is 0 Å². The molecule has 2 heterocycles. The molecular weight excluding hydrogens is 312 g/mol. The number of nitrogens with one attached hydrogen (secondary N) is 2. The number of amides is 2. The van der Waals surface area contributed by atoms with Gasteiger partial charge in [-0.1, -0.05) is 18.2 Å². The Labute approximate surface area is 138 Å². The average Bonchev–Trinajstić information content (AvgIpc) is 2.99. The molecule has 1 aliphatic rings. The first-order valence-electron chi connectivity index (χ1n) is 7.49. The van der Waals surface area contributed by atoms with E-state index in [0.717, 1.165) is 22.6 Å². The predicted octanol–water partition coefficient (Wildman–Crippen LogP) is 2.43. The number of carbonyl (C=O) groups excluding carboxylic acids is 2. The maximum atomic E-state index is 12.1. The molecule has 23 heavy (non-hydrogen) atoms. The zero-order valence-electron chi connectivity index (χ0n) is 12.8. The summed E-state index contributed by atoms with van der Waals surface area (Å²) in [7, 11) is 0. The lowest BCUT2D eigenvalue weighted by Crippen LogP contribution is -2.39. The number of carbonyl (C=O) groups is 2. The molecule has 0 fully saturated rings. The van der Waals surface area contributed by atoms with Crippen LogP contribution in [0.3, 0.4) is 0 Å². The number of aryl methyl sites for hydroxylation is 1. The number of thiophene rings is 1. The van der Waals surface area contributed by atoms with Crippen molar-refractivity contribution < 1.29 is 14.3 Å². The van der Waals surface area contributed by atoms with Crippen LogP contribution in [0.15, 0.2) is 36.4 Å². The summed E-state index contributed by atoms with van der Waals surface area (Å²) in [5.74, 6) is 0.390. The van der Waals surface area contributed by atoms with Gasteiger partial charge in [0.1, 0.15) is 5.75 Å². The van der Waals surface area contributed by atoms with E-state index >= 15 is 0 Å². The number of hydrogen-bond donors (Lipinski definition) is 2. The van der Waals surface area contributed by atoms with E-state index < -0.39 is 0 Å². The third kappa shape index (κ3) is 3.71. The summed E-state index contributed by atoms with van der Waals surface area (Å²) in [6.07, 6.45) is 0.723. The number of rotatable bonds is 4. The fourth-order valence-corrected chi connectivity index (χ4v) is 3.33. The van der Waals surface area contributed by atoms with Gasteiger partial charge in [-0.15, -0.1) is 11.3 Å². The van der Waals surface area contributed by atoms with Crippen LogP contribution in [0.1, 0.15) is 32.6 Å². The summed E-state index contributed by atoms with van der Waals surface area (Å²) in [6.45, 7) is 2.48. The fourth-order valence-electron chi connectivity index (χ4n) is 2.54. The van der Waals surface area contributed by atoms with Crippen molar-refractivity contribution in [2.45, 2.75) is 19.4 Å². The van der Waals surface area contributed by atoms with E-state index in [4.69, 9.17) is 4.74 Å². The SMILES string of the molecule is Cc1ccc(C(=O)NCC(=O)N[C@@H]2CCOc3ccccc32)s1. The molecular formula is C17H18N2O3S. The van der Waals surface area contributed by atoms with Crippen molar-refractivity contribution >= 4 is 23.2 Å². The van der Waals surface area contributed by atoms with Gasteiger partial charge in [-0.3, -0.25) is 9.59 Å². The molecule has 6 heteroatoms. The fraction of sp³-hybridized carbons (Fsp3) is 0.294. The van der Waals surface area contributed by atoms with Crippen molar-refractivity contribution in [3.8, 4) is 5.75 Å². The zero-order valence-corrected chi connectivity index (χ0v) is 13.6. The highest BCUT2D eigenvalue weighted by Crippen LogP contribution is 2.31. The van der Waals surface area contributed by atoms with Gasteiger partial charge in [-0.25, -0.2) is 0 Å². The van der Waals surface area contributed by atoms with Gasteiger partial charge in [-0.2, -0.15) is 0 Å². The third-order valence-electron chi connectivity index (χ3n) is 3.67. The molecule has 1 atom stereocenters. The van der Waals surface area contributed by atoms with E-state index in [9.17, 15) is 9.59 Å². The van der Waals surface area contributed by atoms with E-state index in [1.807, 2.05) is 37.3 Å². The molecule has 2 aromatic rings. The lowest BCUT2D eigenvalue weighted by molar-refractivity contribution is -0.121. The molecule has 1 aromatic heterocycles. The summed E-state index contributed by atoms with van der Waals surface area (Å²) in [5.41, 5.74) is 0.979. The molecule has 0 bridgehead atoms. The first-order chi connectivity index (χ1) is 11.1. The van der Waals surface area contributed by atoms with Crippen molar-refractivity contribution in [2.75, 3.05) is 13.2 Å². The van der Waals surface area contributed by atoms with Crippen LogP contribution in [-0.4, -0.2) is 25.0 Å². The molecule has 0 aliphatic carbocycles. The van der Waals surface area contributed by atoms with E-state index in [0.29, 0.717) is 11.5 Å². The lowest BCUT2D eigenvalue weighted by atomic mass is 10.0. The molecule has 0 spiro atoms. The monoisotopic (exact) mass is 330 g/mol.